The van der Waals surface area contributed by atoms with Crippen molar-refractivity contribution in [1.82, 2.24) is 4.90 Å². The lowest BCUT2D eigenvalue weighted by Crippen LogP contribution is -2.51. The van der Waals surface area contributed by atoms with Gasteiger partial charge in [0.05, 0.1) is 5.92 Å². The fraction of sp³-hybridized carbons (Fsp3) is 0.867. The fourth-order valence-electron chi connectivity index (χ4n) is 4.41. The van der Waals surface area contributed by atoms with Crippen LogP contribution in [0.25, 0.3) is 0 Å². The van der Waals surface area contributed by atoms with Crippen LogP contribution >= 0.6 is 0 Å². The second kappa shape index (κ2) is 4.80. The van der Waals surface area contributed by atoms with Gasteiger partial charge in [0.15, 0.2) is 0 Å². The van der Waals surface area contributed by atoms with E-state index in [1.165, 1.54) is 19.3 Å². The first kappa shape index (κ1) is 12.9. The molecule has 2 amide bonds. The van der Waals surface area contributed by atoms with Crippen molar-refractivity contribution in [3.8, 4) is 0 Å². The third-order valence-corrected chi connectivity index (χ3v) is 5.62. The second-order valence-electron chi connectivity index (χ2n) is 6.80. The minimum absolute atomic E-state index is 0.140. The lowest BCUT2D eigenvalue weighted by Gasteiger charge is -2.39. The molecule has 0 radical (unpaired) electrons. The van der Waals surface area contributed by atoms with Crippen LogP contribution in [0, 0.1) is 23.7 Å². The number of carbonyl (C=O) groups is 2. The summed E-state index contributed by atoms with van der Waals surface area (Å²) in [6, 6.07) is 0.266. The van der Waals surface area contributed by atoms with E-state index in [0.717, 1.165) is 25.2 Å². The molecule has 106 valence electrons. The van der Waals surface area contributed by atoms with Crippen LogP contribution in [0.3, 0.4) is 0 Å². The first-order valence-electron chi connectivity index (χ1n) is 7.66. The smallest absolute Gasteiger partial charge is 0.226 e. The van der Waals surface area contributed by atoms with Crippen LogP contribution in [0.15, 0.2) is 0 Å². The van der Waals surface area contributed by atoms with Crippen LogP contribution in [0.1, 0.15) is 45.4 Å². The molecule has 2 aliphatic carbocycles. The summed E-state index contributed by atoms with van der Waals surface area (Å²) < 4.78 is 0. The molecule has 2 bridgehead atoms. The van der Waals surface area contributed by atoms with Crippen molar-refractivity contribution < 1.29 is 9.59 Å². The van der Waals surface area contributed by atoms with Gasteiger partial charge in [-0.15, -0.1) is 0 Å². The van der Waals surface area contributed by atoms with Crippen LogP contribution in [-0.4, -0.2) is 29.3 Å². The lowest BCUT2D eigenvalue weighted by atomic mass is 9.85. The predicted molar refractivity (Wildman–Crippen MR) is 72.0 cm³/mol. The quantitative estimate of drug-likeness (QED) is 0.822. The van der Waals surface area contributed by atoms with E-state index in [1.54, 1.807) is 0 Å². The predicted octanol–water partition coefficient (Wildman–Crippen LogP) is 1.53. The highest BCUT2D eigenvalue weighted by molar-refractivity contribution is 5.82. The number of carbonyl (C=O) groups excluding carboxylic acids is 2. The lowest BCUT2D eigenvalue weighted by molar-refractivity contribution is -0.143. The number of hydrogen-bond donors (Lipinski definition) is 1. The number of nitrogens with two attached hydrogens (primary N) is 1. The molecular weight excluding hydrogens is 240 g/mol. The van der Waals surface area contributed by atoms with Gasteiger partial charge in [0.2, 0.25) is 11.8 Å². The van der Waals surface area contributed by atoms with Gasteiger partial charge in [-0.25, -0.2) is 0 Å². The molecule has 0 aromatic heterocycles. The van der Waals surface area contributed by atoms with Crippen molar-refractivity contribution in [2.75, 3.05) is 6.54 Å². The minimum atomic E-state index is -0.252. The SMILES string of the molecule is C[C@@H]1CC[C@@H](C(N)=O)CN1C(=O)[C@@H]1C[C@H]2CC[C@H]1C2. The zero-order chi connectivity index (χ0) is 13.6. The Hall–Kier alpha value is -1.06. The summed E-state index contributed by atoms with van der Waals surface area (Å²) in [6.07, 6.45) is 6.60. The standard InChI is InChI=1S/C15H24N2O2/c1-9-2-4-12(14(16)18)8-17(9)15(19)13-7-10-3-5-11(13)6-10/h9-13H,2-8H2,1H3,(H2,16,18)/t9-,10+,11+,12-,13-/m1/s1. The summed E-state index contributed by atoms with van der Waals surface area (Å²) in [6.45, 7) is 2.64. The van der Waals surface area contributed by atoms with Gasteiger partial charge in [0.1, 0.15) is 0 Å². The van der Waals surface area contributed by atoms with E-state index in [2.05, 4.69) is 6.92 Å². The van der Waals surface area contributed by atoms with Crippen LogP contribution in [0.4, 0.5) is 0 Å². The highest BCUT2D eigenvalue weighted by Gasteiger charge is 2.46. The number of piperidine rings is 1. The van der Waals surface area contributed by atoms with Crippen molar-refractivity contribution in [2.45, 2.75) is 51.5 Å². The van der Waals surface area contributed by atoms with Crippen LogP contribution < -0.4 is 5.73 Å². The van der Waals surface area contributed by atoms with Gasteiger partial charge in [-0.3, -0.25) is 9.59 Å². The number of fused-ring (bicyclic) bond motifs is 2. The number of nitrogens with zero attached hydrogens (tertiary/aromatic N) is 1. The Morgan fingerprint density at radius 1 is 1.11 bits per heavy atom. The van der Waals surface area contributed by atoms with Gasteiger partial charge in [-0.05, 0) is 50.9 Å². The van der Waals surface area contributed by atoms with Crippen LogP contribution in [0.2, 0.25) is 0 Å². The number of amides is 2. The summed E-state index contributed by atoms with van der Waals surface area (Å²) in [5.74, 6) is 1.53. The van der Waals surface area contributed by atoms with Crippen molar-refractivity contribution in [3.63, 3.8) is 0 Å². The molecule has 3 fully saturated rings. The largest absolute Gasteiger partial charge is 0.369 e. The molecular formula is C15H24N2O2. The maximum absolute atomic E-state index is 12.7. The minimum Gasteiger partial charge on any atom is -0.369 e. The van der Waals surface area contributed by atoms with E-state index in [1.807, 2.05) is 4.90 Å². The molecule has 4 heteroatoms. The molecule has 1 heterocycles. The summed E-state index contributed by atoms with van der Waals surface area (Å²) in [5, 5.41) is 0. The average molecular weight is 264 g/mol. The van der Waals surface area contributed by atoms with E-state index in [9.17, 15) is 9.59 Å². The Morgan fingerprint density at radius 3 is 2.47 bits per heavy atom. The summed E-state index contributed by atoms with van der Waals surface area (Å²) in [5.41, 5.74) is 5.41. The third-order valence-electron chi connectivity index (χ3n) is 5.62. The summed E-state index contributed by atoms with van der Waals surface area (Å²) in [4.78, 5) is 26.1. The highest BCUT2D eigenvalue weighted by atomic mass is 16.2. The molecule has 0 aromatic rings. The second-order valence-corrected chi connectivity index (χ2v) is 6.80. The molecule has 0 unspecified atom stereocenters. The Bertz CT molecular complexity index is 396. The Kier molecular flexibility index (Phi) is 3.27. The van der Waals surface area contributed by atoms with E-state index < -0.39 is 0 Å². The van der Waals surface area contributed by atoms with Crippen molar-refractivity contribution in [3.05, 3.63) is 0 Å². The monoisotopic (exact) mass is 264 g/mol. The van der Waals surface area contributed by atoms with Crippen molar-refractivity contribution in [2.24, 2.45) is 29.4 Å². The molecule has 3 rings (SSSR count). The molecule has 19 heavy (non-hydrogen) atoms. The number of likely N-dealkylation sites (tertiary alicyclic amines) is 1. The Balaban J connectivity index is 1.69. The molecule has 2 saturated carbocycles. The molecule has 0 spiro atoms. The maximum Gasteiger partial charge on any atom is 0.226 e. The fourth-order valence-corrected chi connectivity index (χ4v) is 4.41. The Morgan fingerprint density at radius 2 is 1.89 bits per heavy atom. The van der Waals surface area contributed by atoms with E-state index in [0.29, 0.717) is 18.4 Å². The first-order chi connectivity index (χ1) is 9.06. The summed E-state index contributed by atoms with van der Waals surface area (Å²) >= 11 is 0. The van der Waals surface area contributed by atoms with E-state index in [-0.39, 0.29) is 23.8 Å². The topological polar surface area (TPSA) is 63.4 Å². The molecule has 2 N–H and O–H groups in total. The molecule has 1 aliphatic heterocycles. The van der Waals surface area contributed by atoms with Gasteiger partial charge in [0, 0.05) is 18.5 Å². The molecule has 1 saturated heterocycles. The number of primary amides is 1. The van der Waals surface area contributed by atoms with Gasteiger partial charge in [0.25, 0.3) is 0 Å². The highest BCUT2D eigenvalue weighted by Crippen LogP contribution is 2.49. The zero-order valence-corrected chi connectivity index (χ0v) is 11.7. The first-order valence-corrected chi connectivity index (χ1v) is 7.66. The van der Waals surface area contributed by atoms with Gasteiger partial charge >= 0.3 is 0 Å². The third kappa shape index (κ3) is 2.26. The molecule has 0 aromatic carbocycles. The molecule has 4 nitrogen and oxygen atoms in total. The average Bonchev–Trinajstić information content (AvgIpc) is 3.00. The molecule has 5 atom stereocenters. The Labute approximate surface area is 114 Å². The normalized spacial score (nSPS) is 41.5. The van der Waals surface area contributed by atoms with Crippen LogP contribution in [0.5, 0.6) is 0 Å². The number of rotatable bonds is 2. The van der Waals surface area contributed by atoms with Gasteiger partial charge in [-0.1, -0.05) is 6.42 Å². The number of hydrogen-bond acceptors (Lipinski definition) is 2. The maximum atomic E-state index is 12.7. The van der Waals surface area contributed by atoms with Gasteiger partial charge < -0.3 is 10.6 Å². The molecule has 3 aliphatic rings. The van der Waals surface area contributed by atoms with E-state index in [4.69, 9.17) is 5.73 Å². The van der Waals surface area contributed by atoms with E-state index >= 15 is 0 Å². The summed E-state index contributed by atoms with van der Waals surface area (Å²) in [7, 11) is 0. The zero-order valence-electron chi connectivity index (χ0n) is 11.7. The van der Waals surface area contributed by atoms with Crippen molar-refractivity contribution in [1.29, 1.82) is 0 Å². The van der Waals surface area contributed by atoms with Crippen LogP contribution in [-0.2, 0) is 9.59 Å². The van der Waals surface area contributed by atoms with Gasteiger partial charge in [-0.2, -0.15) is 0 Å². The van der Waals surface area contributed by atoms with Crippen molar-refractivity contribution >= 4 is 11.8 Å².